The zero-order valence-corrected chi connectivity index (χ0v) is 41.2. The van der Waals surface area contributed by atoms with Gasteiger partial charge in [-0.2, -0.15) is 0 Å². The SMILES string of the molecule is C=C(C)C(=O)Cl.C=C(C)C(=O)N1CCC[C@H]1c1nc(-c2ccc(C(=O)Nc3cc(OC)ccn3)cc2)c(C(N)=O)n1N.COc1ccnc(NC(=O)c2ccc(-c3nc([C@@H]4CCCN4)n(N)c3C(N)=O)cc2)c1. The summed E-state index contributed by atoms with van der Waals surface area (Å²) >= 11 is 4.87. The lowest BCUT2D eigenvalue weighted by molar-refractivity contribution is -0.128. The summed E-state index contributed by atoms with van der Waals surface area (Å²) in [6, 6.07) is 19.3. The zero-order chi connectivity index (χ0) is 53.1. The van der Waals surface area contributed by atoms with Crippen LogP contribution in [0.1, 0.15) is 105 Å². The number of nitrogen functional groups attached to an aromatic ring is 2. The number of halogens is 1. The minimum Gasteiger partial charge on any atom is -0.497 e. The molecule has 4 aromatic heterocycles. The van der Waals surface area contributed by atoms with Crippen molar-refractivity contribution < 1.29 is 38.2 Å². The molecule has 2 aliphatic heterocycles. The van der Waals surface area contributed by atoms with Crippen LogP contribution in [0.25, 0.3) is 22.5 Å². The largest absolute Gasteiger partial charge is 0.497 e. The van der Waals surface area contributed by atoms with Crippen molar-refractivity contribution in [3.8, 4) is 34.0 Å². The Balaban J connectivity index is 0.000000216. The lowest BCUT2D eigenvalue weighted by Crippen LogP contribution is -2.34. The summed E-state index contributed by atoms with van der Waals surface area (Å²) in [4.78, 5) is 91.1. The first-order chi connectivity index (χ1) is 34.8. The van der Waals surface area contributed by atoms with Crippen LogP contribution in [0, 0.1) is 0 Å². The molecule has 0 aliphatic carbocycles. The molecule has 2 fully saturated rings. The molecule has 0 unspecified atom stereocenters. The number of hydrogen-bond donors (Lipinski definition) is 7. The van der Waals surface area contributed by atoms with Gasteiger partial charge in [-0.25, -0.2) is 29.3 Å². The second-order valence-electron chi connectivity index (χ2n) is 16.7. The maximum Gasteiger partial charge on any atom is 0.269 e. The van der Waals surface area contributed by atoms with Gasteiger partial charge in [0.05, 0.1) is 26.3 Å². The minimum absolute atomic E-state index is 0.0115. The Labute approximate surface area is 424 Å². The van der Waals surface area contributed by atoms with Gasteiger partial charge in [-0.3, -0.25) is 28.8 Å². The smallest absolute Gasteiger partial charge is 0.269 e. The zero-order valence-electron chi connectivity index (χ0n) is 40.5. The third kappa shape index (κ3) is 12.7. The van der Waals surface area contributed by atoms with Crippen molar-refractivity contribution in [2.75, 3.05) is 49.6 Å². The lowest BCUT2D eigenvalue weighted by Gasteiger charge is -2.24. The number of hydrogen-bond acceptors (Lipinski definition) is 15. The molecule has 0 radical (unpaired) electrons. The van der Waals surface area contributed by atoms with Crippen LogP contribution in [0.5, 0.6) is 11.5 Å². The second kappa shape index (κ2) is 23.8. The molecule has 0 spiro atoms. The Morgan fingerprint density at radius 2 is 1.14 bits per heavy atom. The number of aromatic nitrogens is 6. The second-order valence-corrected chi connectivity index (χ2v) is 17.0. The molecule has 6 heterocycles. The fourth-order valence-electron chi connectivity index (χ4n) is 7.83. The van der Waals surface area contributed by atoms with Gasteiger partial charge in [-0.05, 0) is 94.1 Å². The first-order valence-corrected chi connectivity index (χ1v) is 22.9. The number of likely N-dealkylation sites (tertiary alicyclic amines) is 1. The number of benzene rings is 2. The van der Waals surface area contributed by atoms with E-state index in [0.29, 0.717) is 86.8 Å². The summed E-state index contributed by atoms with van der Waals surface area (Å²) in [5.41, 5.74) is 14.8. The van der Waals surface area contributed by atoms with Gasteiger partial charge in [0, 0.05) is 64.5 Å². The molecule has 5 amide bonds. The summed E-state index contributed by atoms with van der Waals surface area (Å²) < 4.78 is 12.7. The first-order valence-electron chi connectivity index (χ1n) is 22.6. The van der Waals surface area contributed by atoms with Gasteiger partial charge in [-0.15, -0.1) is 0 Å². The molecule has 11 N–H and O–H groups in total. The molecule has 2 atom stereocenters. The highest BCUT2D eigenvalue weighted by molar-refractivity contribution is 6.67. The highest BCUT2D eigenvalue weighted by Crippen LogP contribution is 2.35. The van der Waals surface area contributed by atoms with Gasteiger partial charge >= 0.3 is 0 Å². The van der Waals surface area contributed by atoms with E-state index in [4.69, 9.17) is 44.2 Å². The first kappa shape index (κ1) is 53.5. The highest BCUT2D eigenvalue weighted by atomic mass is 35.5. The Bertz CT molecular complexity index is 3060. The number of amides is 5. The Morgan fingerprint density at radius 3 is 1.53 bits per heavy atom. The fourth-order valence-corrected chi connectivity index (χ4v) is 7.83. The van der Waals surface area contributed by atoms with Gasteiger partial charge in [0.25, 0.3) is 23.6 Å². The van der Waals surface area contributed by atoms with Gasteiger partial charge in [0.2, 0.25) is 11.1 Å². The number of imidazole rings is 2. The molecule has 0 bridgehead atoms. The number of nitrogens with two attached hydrogens (primary N) is 4. The van der Waals surface area contributed by atoms with Crippen molar-refractivity contribution in [3.63, 3.8) is 0 Å². The molecule has 2 aromatic carbocycles. The fraction of sp³-hybridized carbons (Fsp3) is 0.240. The summed E-state index contributed by atoms with van der Waals surface area (Å²) in [6.07, 6.45) is 6.36. The predicted octanol–water partition coefficient (Wildman–Crippen LogP) is 5.03. The van der Waals surface area contributed by atoms with Crippen molar-refractivity contribution in [1.82, 2.24) is 39.5 Å². The third-order valence-corrected chi connectivity index (χ3v) is 11.8. The minimum atomic E-state index is -0.757. The number of carbonyl (C=O) groups is 6. The molecule has 8 rings (SSSR count). The number of rotatable bonds is 14. The number of pyridine rings is 2. The lowest BCUT2D eigenvalue weighted by atomic mass is 10.1. The predicted molar refractivity (Wildman–Crippen MR) is 274 cm³/mol. The van der Waals surface area contributed by atoms with Crippen molar-refractivity contribution in [1.29, 1.82) is 0 Å². The molecule has 380 valence electrons. The average Bonchev–Trinajstić information content (AvgIpc) is 4.21. The van der Waals surface area contributed by atoms with E-state index in [1.165, 1.54) is 25.1 Å². The molecular weight excluding hydrogens is 960 g/mol. The molecule has 22 nitrogen and oxygen atoms in total. The number of methoxy groups -OCH3 is 2. The molecular formula is C50H55ClN14O8. The van der Waals surface area contributed by atoms with E-state index in [1.807, 2.05) is 0 Å². The monoisotopic (exact) mass is 1010 g/mol. The normalized spacial score (nSPS) is 14.6. The topological polar surface area (TPSA) is 326 Å². The van der Waals surface area contributed by atoms with Crippen LogP contribution >= 0.6 is 11.6 Å². The summed E-state index contributed by atoms with van der Waals surface area (Å²) in [5, 5.41) is 8.28. The van der Waals surface area contributed by atoms with Crippen molar-refractivity contribution in [3.05, 3.63) is 144 Å². The van der Waals surface area contributed by atoms with E-state index in [1.54, 1.807) is 97.7 Å². The molecule has 2 saturated heterocycles. The maximum atomic E-state index is 12.7. The summed E-state index contributed by atoms with van der Waals surface area (Å²) in [7, 11) is 3.06. The van der Waals surface area contributed by atoms with E-state index in [-0.39, 0.29) is 40.8 Å². The van der Waals surface area contributed by atoms with Crippen LogP contribution in [-0.4, -0.2) is 96.3 Å². The molecule has 2 aliphatic rings. The van der Waals surface area contributed by atoms with Crippen molar-refractivity contribution >= 4 is 58.0 Å². The number of allylic oxidation sites excluding steroid dienone is 1. The quantitative estimate of drug-likeness (QED) is 0.0428. The standard InChI is InChI=1S/C25H27N7O4.C21H23N7O3.C4H5ClO/c1-14(2)25(35)31-12-4-5-18(31)23-30-20(21(22(26)33)32(23)27)15-6-8-16(9-7-15)24(34)29-19-13-17(36-3)10-11-28-19;1-31-14-8-10-25-16(11-14)26-21(30)13-6-4-12(5-7-13)17-18(19(22)29)28(23)20(27-17)15-3-2-9-24-15;1-3(2)4(5)6/h6-11,13,18H,1,4-5,12,27H2,2-3H3,(H2,26,33)(H,28,29,34);4-8,10-11,15,24H,2-3,9,23H2,1H3,(H2,22,29)(H,25,26,30);1H2,2H3/t18-;15-;/m00./s1. The molecule has 73 heavy (non-hydrogen) atoms. The van der Waals surface area contributed by atoms with E-state index in [2.05, 4.69) is 49.0 Å². The third-order valence-electron chi connectivity index (χ3n) is 11.5. The van der Waals surface area contributed by atoms with E-state index >= 15 is 0 Å². The number of carbonyl (C=O) groups excluding carboxylic acids is 6. The van der Waals surface area contributed by atoms with Gasteiger partial charge in [0.15, 0.2) is 17.2 Å². The molecule has 23 heteroatoms. The van der Waals surface area contributed by atoms with E-state index in [0.717, 1.165) is 30.5 Å². The van der Waals surface area contributed by atoms with Gasteiger partial charge in [-0.1, -0.05) is 37.4 Å². The number of primary amides is 2. The highest BCUT2D eigenvalue weighted by Gasteiger charge is 2.36. The van der Waals surface area contributed by atoms with Gasteiger partial charge in [0.1, 0.15) is 40.3 Å². The van der Waals surface area contributed by atoms with E-state index in [9.17, 15) is 28.8 Å². The summed E-state index contributed by atoms with van der Waals surface area (Å²) in [5.74, 6) is 12.9. The number of anilines is 2. The van der Waals surface area contributed by atoms with E-state index < -0.39 is 23.1 Å². The Morgan fingerprint density at radius 1 is 0.685 bits per heavy atom. The summed E-state index contributed by atoms with van der Waals surface area (Å²) in [6.45, 7) is 11.6. The van der Waals surface area contributed by atoms with Crippen LogP contribution in [-0.2, 0) is 9.59 Å². The maximum absolute atomic E-state index is 12.7. The number of ether oxygens (including phenoxy) is 2. The van der Waals surface area contributed by atoms with Gasteiger partial charge < -0.3 is 53.5 Å². The van der Waals surface area contributed by atoms with Crippen LogP contribution in [0.15, 0.2) is 109 Å². The Kier molecular flexibility index (Phi) is 17.4. The number of nitrogens with one attached hydrogen (secondary N) is 3. The van der Waals surface area contributed by atoms with Crippen LogP contribution in [0.4, 0.5) is 11.6 Å². The number of nitrogens with zero attached hydrogens (tertiary/aromatic N) is 7. The average molecular weight is 1020 g/mol. The Hall–Kier alpha value is -8.89. The van der Waals surface area contributed by atoms with Crippen LogP contribution in [0.3, 0.4) is 0 Å². The molecule has 6 aromatic rings. The van der Waals surface area contributed by atoms with Crippen LogP contribution in [0.2, 0.25) is 0 Å². The molecule has 0 saturated carbocycles. The van der Waals surface area contributed by atoms with Crippen molar-refractivity contribution in [2.45, 2.75) is 51.6 Å². The van der Waals surface area contributed by atoms with Crippen LogP contribution < -0.4 is 48.6 Å². The van der Waals surface area contributed by atoms with Crippen molar-refractivity contribution in [2.24, 2.45) is 11.5 Å².